The molecule has 1 N–H and O–H groups in total. The van der Waals surface area contributed by atoms with Gasteiger partial charge in [0.25, 0.3) is 5.91 Å². The Morgan fingerprint density at radius 1 is 1.40 bits per heavy atom. The highest BCUT2D eigenvalue weighted by molar-refractivity contribution is 9.10. The number of aromatic nitrogens is 1. The van der Waals surface area contributed by atoms with Crippen LogP contribution in [0.3, 0.4) is 0 Å². The molecule has 25 heavy (non-hydrogen) atoms. The van der Waals surface area contributed by atoms with Gasteiger partial charge in [-0.1, -0.05) is 18.7 Å². The number of carbonyl (C=O) groups is 1. The van der Waals surface area contributed by atoms with Crippen LogP contribution in [-0.2, 0) is 0 Å². The Bertz CT molecular complexity index is 764. The average Bonchev–Trinajstić information content (AvgIpc) is 2.62. The minimum absolute atomic E-state index is 0.295. The lowest BCUT2D eigenvalue weighted by atomic mass is 10.2. The number of nitrogens with zero attached hydrogens (tertiary/aromatic N) is 2. The number of carbonyl (C=O) groups excluding carboxylic acids is 1. The summed E-state index contributed by atoms with van der Waals surface area (Å²) in [6, 6.07) is 8.68. The first-order valence-corrected chi connectivity index (χ1v) is 8.39. The van der Waals surface area contributed by atoms with E-state index >= 15 is 0 Å². The lowest BCUT2D eigenvalue weighted by molar-refractivity contribution is 0.0950. The van der Waals surface area contributed by atoms with Gasteiger partial charge in [0.15, 0.2) is 11.5 Å². The van der Waals surface area contributed by atoms with Gasteiger partial charge in [-0.2, -0.15) is 5.10 Å². The van der Waals surface area contributed by atoms with Crippen molar-refractivity contribution in [3.63, 3.8) is 0 Å². The normalized spacial score (nSPS) is 10.5. The highest BCUT2D eigenvalue weighted by Gasteiger charge is 2.11. The summed E-state index contributed by atoms with van der Waals surface area (Å²) >= 11 is 3.46. The van der Waals surface area contributed by atoms with E-state index in [9.17, 15) is 4.79 Å². The number of rotatable bonds is 8. The van der Waals surface area contributed by atoms with E-state index in [0.29, 0.717) is 30.4 Å². The monoisotopic (exact) mass is 403 g/mol. The number of pyridine rings is 1. The molecule has 130 valence electrons. The highest BCUT2D eigenvalue weighted by Crippen LogP contribution is 2.36. The summed E-state index contributed by atoms with van der Waals surface area (Å²) in [7, 11) is 0. The summed E-state index contributed by atoms with van der Waals surface area (Å²) in [6.07, 6.45) is 4.72. The molecular weight excluding hydrogens is 386 g/mol. The number of amides is 1. The maximum Gasteiger partial charge on any atom is 0.289 e. The smallest absolute Gasteiger partial charge is 0.289 e. The van der Waals surface area contributed by atoms with Crippen molar-refractivity contribution in [3.8, 4) is 11.5 Å². The van der Waals surface area contributed by atoms with Gasteiger partial charge >= 0.3 is 0 Å². The van der Waals surface area contributed by atoms with Crippen molar-refractivity contribution in [2.45, 2.75) is 6.92 Å². The predicted molar refractivity (Wildman–Crippen MR) is 100 cm³/mol. The molecular formula is C18H18BrN3O3. The van der Waals surface area contributed by atoms with Crippen molar-refractivity contribution in [3.05, 3.63) is 64.9 Å². The predicted octanol–water partition coefficient (Wildman–Crippen LogP) is 3.57. The Morgan fingerprint density at radius 2 is 2.24 bits per heavy atom. The molecule has 2 aromatic rings. The zero-order chi connectivity index (χ0) is 18.1. The number of hydrazone groups is 1. The van der Waals surface area contributed by atoms with Crippen LogP contribution >= 0.6 is 15.9 Å². The van der Waals surface area contributed by atoms with Gasteiger partial charge in [-0.15, -0.1) is 0 Å². The van der Waals surface area contributed by atoms with Crippen LogP contribution in [0.2, 0.25) is 0 Å². The maximum absolute atomic E-state index is 11.9. The molecule has 0 aliphatic rings. The molecule has 0 radical (unpaired) electrons. The molecule has 1 heterocycles. The van der Waals surface area contributed by atoms with Crippen LogP contribution in [0.15, 0.2) is 58.8 Å². The summed E-state index contributed by atoms with van der Waals surface area (Å²) in [5.74, 6) is 0.791. The zero-order valence-electron chi connectivity index (χ0n) is 13.7. The van der Waals surface area contributed by atoms with Gasteiger partial charge in [-0.25, -0.2) is 5.43 Å². The number of nitrogens with one attached hydrogen (secondary N) is 1. The molecule has 0 saturated carbocycles. The molecule has 0 bridgehead atoms. The number of halogens is 1. The quantitative estimate of drug-likeness (QED) is 0.415. The minimum Gasteiger partial charge on any atom is -0.490 e. The topological polar surface area (TPSA) is 72.8 Å². The van der Waals surface area contributed by atoms with E-state index in [0.717, 1.165) is 10.0 Å². The first-order chi connectivity index (χ1) is 12.2. The van der Waals surface area contributed by atoms with Gasteiger partial charge in [-0.3, -0.25) is 9.78 Å². The minimum atomic E-state index is -0.383. The fraction of sp³-hybridized carbons (Fsp3) is 0.167. The van der Waals surface area contributed by atoms with Crippen molar-refractivity contribution < 1.29 is 14.3 Å². The van der Waals surface area contributed by atoms with Gasteiger partial charge in [-0.05, 0) is 52.7 Å². The molecule has 1 amide bonds. The van der Waals surface area contributed by atoms with Gasteiger partial charge in [0.2, 0.25) is 0 Å². The maximum atomic E-state index is 11.9. The lowest BCUT2D eigenvalue weighted by Crippen LogP contribution is -2.18. The Morgan fingerprint density at radius 3 is 2.92 bits per heavy atom. The molecule has 0 saturated heterocycles. The fourth-order valence-electron chi connectivity index (χ4n) is 1.93. The van der Waals surface area contributed by atoms with Crippen LogP contribution in [0.5, 0.6) is 11.5 Å². The third kappa shape index (κ3) is 5.42. The van der Waals surface area contributed by atoms with E-state index in [4.69, 9.17) is 9.47 Å². The first-order valence-electron chi connectivity index (χ1n) is 7.60. The van der Waals surface area contributed by atoms with E-state index in [-0.39, 0.29) is 5.91 Å². The van der Waals surface area contributed by atoms with E-state index in [1.807, 2.05) is 13.0 Å². The van der Waals surface area contributed by atoms with Crippen molar-refractivity contribution in [1.29, 1.82) is 0 Å². The standard InChI is InChI=1S/C18H18BrN3O3/c1-3-9-25-17-14(19)10-13(11-16(17)24-4-2)12-21-22-18(23)15-7-5-6-8-20-15/h3,5-8,10-12H,1,4,9H2,2H3,(H,22,23)/b21-12-. The second kappa shape index (κ2) is 9.58. The van der Waals surface area contributed by atoms with E-state index in [1.54, 1.807) is 36.5 Å². The van der Waals surface area contributed by atoms with Crippen LogP contribution in [0.4, 0.5) is 0 Å². The van der Waals surface area contributed by atoms with E-state index in [1.165, 1.54) is 6.21 Å². The van der Waals surface area contributed by atoms with Gasteiger partial charge < -0.3 is 9.47 Å². The summed E-state index contributed by atoms with van der Waals surface area (Å²) in [5, 5.41) is 3.95. The SMILES string of the molecule is C=CCOc1c(Br)cc(/C=N\NC(=O)c2ccccn2)cc1OCC. The van der Waals surface area contributed by atoms with Crippen molar-refractivity contribution in [2.75, 3.05) is 13.2 Å². The largest absolute Gasteiger partial charge is 0.490 e. The van der Waals surface area contributed by atoms with E-state index < -0.39 is 0 Å². The van der Waals surface area contributed by atoms with Gasteiger partial charge in [0.05, 0.1) is 17.3 Å². The number of benzene rings is 1. The molecule has 0 atom stereocenters. The van der Waals surface area contributed by atoms with Crippen molar-refractivity contribution in [2.24, 2.45) is 5.10 Å². The molecule has 1 aromatic carbocycles. The van der Waals surface area contributed by atoms with Crippen molar-refractivity contribution in [1.82, 2.24) is 10.4 Å². The molecule has 0 fully saturated rings. The third-order valence-electron chi connectivity index (χ3n) is 2.95. The lowest BCUT2D eigenvalue weighted by Gasteiger charge is -2.13. The second-order valence-corrected chi connectivity index (χ2v) is 5.63. The summed E-state index contributed by atoms with van der Waals surface area (Å²) < 4.78 is 11.9. The number of hydrogen-bond acceptors (Lipinski definition) is 5. The summed E-state index contributed by atoms with van der Waals surface area (Å²) in [6.45, 7) is 6.38. The van der Waals surface area contributed by atoms with Crippen LogP contribution in [-0.4, -0.2) is 30.3 Å². The second-order valence-electron chi connectivity index (χ2n) is 4.78. The van der Waals surface area contributed by atoms with Crippen LogP contribution in [0.25, 0.3) is 0 Å². The molecule has 7 heteroatoms. The average molecular weight is 404 g/mol. The van der Waals surface area contributed by atoms with Crippen molar-refractivity contribution >= 4 is 28.1 Å². The number of hydrogen-bond donors (Lipinski definition) is 1. The molecule has 0 spiro atoms. The number of ether oxygens (including phenoxy) is 2. The fourth-order valence-corrected chi connectivity index (χ4v) is 2.50. The van der Waals surface area contributed by atoms with Gasteiger partial charge in [0, 0.05) is 6.20 Å². The Hall–Kier alpha value is -2.67. The van der Waals surface area contributed by atoms with Gasteiger partial charge in [0.1, 0.15) is 12.3 Å². The molecule has 1 aromatic heterocycles. The molecule has 0 aliphatic heterocycles. The van der Waals surface area contributed by atoms with Crippen LogP contribution in [0.1, 0.15) is 23.0 Å². The highest BCUT2D eigenvalue weighted by atomic mass is 79.9. The first kappa shape index (κ1) is 18.7. The Kier molecular flexibility index (Phi) is 7.16. The molecule has 6 nitrogen and oxygen atoms in total. The molecule has 0 aliphatic carbocycles. The summed E-state index contributed by atoms with van der Waals surface area (Å²) in [4.78, 5) is 15.9. The molecule has 2 rings (SSSR count). The van der Waals surface area contributed by atoms with Crippen LogP contribution in [0, 0.1) is 0 Å². The zero-order valence-corrected chi connectivity index (χ0v) is 15.3. The molecule has 0 unspecified atom stereocenters. The third-order valence-corrected chi connectivity index (χ3v) is 3.54. The van der Waals surface area contributed by atoms with Crippen LogP contribution < -0.4 is 14.9 Å². The van der Waals surface area contributed by atoms with E-state index in [2.05, 4.69) is 38.0 Å². The Labute approximate surface area is 154 Å². The summed E-state index contributed by atoms with van der Waals surface area (Å²) in [5.41, 5.74) is 3.47. The Balaban J connectivity index is 2.13.